The van der Waals surface area contributed by atoms with Gasteiger partial charge < -0.3 is 39.0 Å². The molecule has 3 N–H and O–H groups in total. The molecule has 48 heavy (non-hydrogen) atoms. The number of likely N-dealkylation sites (N-methyl/N-ethyl adjacent to an activating group) is 1. The second-order valence-corrected chi connectivity index (χ2v) is 13.1. The number of anilines is 1. The number of allylic oxidation sites excluding steroid dienone is 3. The number of nitrogens with one attached hydrogen (secondary N) is 1. The summed E-state index contributed by atoms with van der Waals surface area (Å²) in [4.78, 5) is 54.4. The summed E-state index contributed by atoms with van der Waals surface area (Å²) in [5.74, 6) is -2.96. The lowest BCUT2D eigenvalue weighted by Crippen LogP contribution is -2.64. The summed E-state index contributed by atoms with van der Waals surface area (Å²) in [5.41, 5.74) is 0.172. The lowest BCUT2D eigenvalue weighted by atomic mass is 9.81. The molecule has 266 valence electrons. The van der Waals surface area contributed by atoms with Crippen LogP contribution in [0.15, 0.2) is 35.9 Å². The molecule has 8 atom stereocenters. The van der Waals surface area contributed by atoms with Crippen molar-refractivity contribution in [2.75, 3.05) is 33.2 Å². The van der Waals surface area contributed by atoms with E-state index >= 15 is 0 Å². The number of methoxy groups -OCH3 is 2. The van der Waals surface area contributed by atoms with Crippen LogP contribution < -0.4 is 15.0 Å². The van der Waals surface area contributed by atoms with Crippen molar-refractivity contribution in [3.63, 3.8) is 0 Å². The van der Waals surface area contributed by atoms with Crippen LogP contribution in [0.3, 0.4) is 0 Å². The maximum absolute atomic E-state index is 13.9. The fourth-order valence-electron chi connectivity index (χ4n) is 5.87. The minimum Gasteiger partial charge on any atom is -0.495 e. The van der Waals surface area contributed by atoms with Gasteiger partial charge in [0.05, 0.1) is 25.3 Å². The minimum absolute atomic E-state index is 0.147. The second-order valence-electron chi connectivity index (χ2n) is 12.7. The largest absolute Gasteiger partial charge is 0.495 e. The molecule has 0 spiro atoms. The van der Waals surface area contributed by atoms with Gasteiger partial charge in [-0.2, -0.15) is 0 Å². The van der Waals surface area contributed by atoms with Crippen LogP contribution in [0.1, 0.15) is 53.0 Å². The molecule has 2 heterocycles. The average Bonchev–Trinajstić information content (AvgIpc) is 3.03. The summed E-state index contributed by atoms with van der Waals surface area (Å²) >= 11 is 6.68. The Hall–Kier alpha value is -3.65. The van der Waals surface area contributed by atoms with E-state index in [9.17, 15) is 29.4 Å². The van der Waals surface area contributed by atoms with E-state index < -0.39 is 66.0 Å². The molecular weight excluding hydrogens is 646 g/mol. The zero-order valence-corrected chi connectivity index (χ0v) is 29.7. The quantitative estimate of drug-likeness (QED) is 0.390. The Kier molecular flexibility index (Phi) is 13.1. The van der Waals surface area contributed by atoms with E-state index in [2.05, 4.69) is 5.32 Å². The van der Waals surface area contributed by atoms with Gasteiger partial charge in [0.1, 0.15) is 35.1 Å². The first kappa shape index (κ1) is 38.8. The van der Waals surface area contributed by atoms with Gasteiger partial charge in [-0.05, 0) is 38.0 Å². The second kappa shape index (κ2) is 16.2. The zero-order valence-electron chi connectivity index (χ0n) is 29.0. The number of ether oxygens (including phenoxy) is 4. The molecule has 0 radical (unpaired) electrons. The van der Waals surface area contributed by atoms with Gasteiger partial charge in [0.25, 0.3) is 0 Å². The summed E-state index contributed by atoms with van der Waals surface area (Å²) in [6.07, 6.45) is -0.270. The van der Waals surface area contributed by atoms with Gasteiger partial charge in [-0.3, -0.25) is 14.9 Å². The molecule has 1 aromatic rings. The smallest absolute Gasteiger partial charge is 0.409 e. The van der Waals surface area contributed by atoms with Crippen molar-refractivity contribution < 1.29 is 48.3 Å². The number of benzene rings is 1. The number of carbonyl (C=O) groups is 4. The molecule has 4 bridgehead atoms. The van der Waals surface area contributed by atoms with Crippen molar-refractivity contribution in [1.82, 2.24) is 10.2 Å². The summed E-state index contributed by atoms with van der Waals surface area (Å²) in [5, 5.41) is 25.9. The first-order valence-electron chi connectivity index (χ1n) is 15.8. The van der Waals surface area contributed by atoms with Crippen LogP contribution in [0.4, 0.5) is 10.5 Å². The molecule has 0 saturated carbocycles. The normalized spacial score (nSPS) is 31.0. The van der Waals surface area contributed by atoms with E-state index in [4.69, 9.17) is 30.5 Å². The SMILES string of the molecule is COc1cc2cc(c1Cl)N(C)C(=O)C[C@H](OC(=O)[C@H](C)N(C)C(C)=O)C(C)[C@@H](O)[C@H](C)C1C[C@@](O)(NC(=O)O1)[C@H](OC)/C=C/C=C(\C)C2. The first-order valence-corrected chi connectivity index (χ1v) is 16.1. The summed E-state index contributed by atoms with van der Waals surface area (Å²) in [6, 6.07) is 2.55. The van der Waals surface area contributed by atoms with E-state index in [1.165, 1.54) is 52.0 Å². The number of rotatable bonds is 5. The van der Waals surface area contributed by atoms with Crippen molar-refractivity contribution in [3.05, 3.63) is 46.5 Å². The number of alkyl carbamates (subject to hydrolysis) is 1. The number of aliphatic hydroxyl groups excluding tert-OH is 1. The van der Waals surface area contributed by atoms with Gasteiger partial charge in [-0.15, -0.1) is 0 Å². The van der Waals surface area contributed by atoms with Gasteiger partial charge in [0, 0.05) is 46.4 Å². The molecule has 0 aromatic heterocycles. The number of hydrogen-bond donors (Lipinski definition) is 3. The molecule has 2 unspecified atom stereocenters. The Morgan fingerprint density at radius 2 is 1.88 bits per heavy atom. The van der Waals surface area contributed by atoms with Crippen LogP contribution in [0.25, 0.3) is 0 Å². The maximum atomic E-state index is 13.9. The fraction of sp³-hybridized carbons (Fsp3) is 0.588. The zero-order chi connectivity index (χ0) is 36.1. The predicted octanol–water partition coefficient (Wildman–Crippen LogP) is 3.37. The molecular formula is C34H48ClN3O10. The van der Waals surface area contributed by atoms with Gasteiger partial charge in [-0.1, -0.05) is 49.2 Å². The predicted molar refractivity (Wildman–Crippen MR) is 179 cm³/mol. The molecule has 1 aromatic carbocycles. The lowest BCUT2D eigenvalue weighted by Gasteiger charge is -2.43. The lowest BCUT2D eigenvalue weighted by molar-refractivity contribution is -0.167. The van der Waals surface area contributed by atoms with Gasteiger partial charge in [0.15, 0.2) is 5.72 Å². The Balaban J connectivity index is 2.14. The van der Waals surface area contributed by atoms with Crippen molar-refractivity contribution in [1.29, 1.82) is 0 Å². The van der Waals surface area contributed by atoms with Crippen molar-refractivity contribution in [2.45, 2.75) is 90.1 Å². The number of halogens is 1. The highest BCUT2D eigenvalue weighted by Gasteiger charge is 2.48. The van der Waals surface area contributed by atoms with Crippen molar-refractivity contribution in [3.8, 4) is 5.75 Å². The molecule has 14 heteroatoms. The van der Waals surface area contributed by atoms with Crippen LogP contribution in [0.5, 0.6) is 5.75 Å². The highest BCUT2D eigenvalue weighted by Crippen LogP contribution is 2.38. The molecule has 3 rings (SSSR count). The molecule has 2 aliphatic rings. The van der Waals surface area contributed by atoms with Gasteiger partial charge in [0.2, 0.25) is 11.8 Å². The third kappa shape index (κ3) is 8.87. The van der Waals surface area contributed by atoms with Crippen molar-refractivity contribution in [2.24, 2.45) is 11.8 Å². The van der Waals surface area contributed by atoms with Gasteiger partial charge in [-0.25, -0.2) is 9.59 Å². The number of carbonyl (C=O) groups excluding carboxylic acids is 4. The van der Waals surface area contributed by atoms with Gasteiger partial charge >= 0.3 is 12.1 Å². The molecule has 0 aliphatic carbocycles. The number of esters is 1. The van der Waals surface area contributed by atoms with Crippen molar-refractivity contribution >= 4 is 41.2 Å². The molecule has 1 fully saturated rings. The standard InChI is InChI=1S/C34H48ClN3O10/c1-18-11-10-12-28(46-9)34(44)17-27(48-33(43)36-34)20(3)31(41)19(2)25(47-32(42)21(4)37(6)22(5)39)16-29(40)38(7)24-14-23(13-18)15-26(45-8)30(24)35/h10-12,14-15,19-21,25,27-28,31,41,44H,13,16-17H2,1-9H3,(H,36,43)/b12-10+,18-11+/t19?,20-,21+,25+,27?,28-,31-,34+/m1/s1. The van der Waals surface area contributed by atoms with E-state index in [0.717, 1.165) is 11.1 Å². The highest BCUT2D eigenvalue weighted by atomic mass is 35.5. The Morgan fingerprint density at radius 3 is 2.48 bits per heavy atom. The van der Waals surface area contributed by atoms with Crippen LogP contribution >= 0.6 is 11.6 Å². The van der Waals surface area contributed by atoms with Crippen LogP contribution in [-0.2, 0) is 35.0 Å². The maximum Gasteiger partial charge on any atom is 0.409 e. The summed E-state index contributed by atoms with van der Waals surface area (Å²) < 4.78 is 22.5. The molecule has 1 saturated heterocycles. The first-order chi connectivity index (χ1) is 22.4. The monoisotopic (exact) mass is 693 g/mol. The fourth-order valence-corrected chi connectivity index (χ4v) is 6.18. The van der Waals surface area contributed by atoms with E-state index in [-0.39, 0.29) is 23.8 Å². The summed E-state index contributed by atoms with van der Waals surface area (Å²) in [7, 11) is 5.86. The van der Waals surface area contributed by atoms with Crippen LogP contribution in [-0.4, -0.2) is 103 Å². The number of nitrogens with zero attached hydrogens (tertiary/aromatic N) is 2. The Labute approximate surface area is 286 Å². The molecule has 13 nitrogen and oxygen atoms in total. The highest BCUT2D eigenvalue weighted by molar-refractivity contribution is 6.35. The van der Waals surface area contributed by atoms with Crippen LogP contribution in [0.2, 0.25) is 5.02 Å². The number of aliphatic hydroxyl groups is 2. The number of fused-ring (bicyclic) bond motifs is 4. The van der Waals surface area contributed by atoms with E-state index in [1.54, 1.807) is 38.1 Å². The van der Waals surface area contributed by atoms with E-state index in [1.807, 2.05) is 13.0 Å². The third-order valence-corrected chi connectivity index (χ3v) is 9.69. The minimum atomic E-state index is -1.89. The third-order valence-electron chi connectivity index (χ3n) is 9.31. The Morgan fingerprint density at radius 1 is 1.21 bits per heavy atom. The Bertz CT molecular complexity index is 1430. The molecule has 2 aliphatic heterocycles. The molecule has 3 amide bonds. The topological polar surface area (TPSA) is 164 Å². The van der Waals surface area contributed by atoms with Crippen LogP contribution in [0, 0.1) is 11.8 Å². The van der Waals surface area contributed by atoms with E-state index in [0.29, 0.717) is 17.9 Å². The number of hydrogen-bond acceptors (Lipinski definition) is 10. The average molecular weight is 694 g/mol. The summed E-state index contributed by atoms with van der Waals surface area (Å²) in [6.45, 7) is 7.95. The number of amides is 3.